The largest absolute Gasteiger partial charge is 0.508 e. The van der Waals surface area contributed by atoms with Crippen LogP contribution in [0.2, 0.25) is 0 Å². The SMILES string of the molecule is CCCCCCCC/C=C\CCCCCCCC(=O)OCC(COC(=O)CC(CCCCCCCC)CCCCCCCC)COC(=O)OCCN(C)C. The average molecular weight is 766 g/mol. The average Bonchev–Trinajstić information content (AvgIpc) is 3.15. The zero-order valence-corrected chi connectivity index (χ0v) is 36.2. The van der Waals surface area contributed by atoms with E-state index in [9.17, 15) is 14.4 Å². The Kier molecular flexibility index (Phi) is 39.0. The standard InChI is InChI=1S/C46H87NO7/c1-6-9-12-15-18-19-20-21-22-23-24-25-26-29-32-35-44(48)52-39-43(41-54-46(50)51-37-36-47(4)5)40-53-45(49)38-42(33-30-27-16-13-10-7-2)34-31-28-17-14-11-8-3/h21-22,42-43H,6-20,23-41H2,1-5H3/b22-21-. The summed E-state index contributed by atoms with van der Waals surface area (Å²) in [5, 5.41) is 0. The third-order valence-corrected chi connectivity index (χ3v) is 10.2. The number of likely N-dealkylation sites (N-methyl/N-ethyl adjacent to an activating group) is 1. The van der Waals surface area contributed by atoms with E-state index >= 15 is 0 Å². The molecule has 0 heterocycles. The van der Waals surface area contributed by atoms with Crippen LogP contribution in [0.4, 0.5) is 4.79 Å². The zero-order valence-electron chi connectivity index (χ0n) is 36.2. The lowest BCUT2D eigenvalue weighted by Crippen LogP contribution is -2.27. The van der Waals surface area contributed by atoms with Gasteiger partial charge in [-0.1, -0.05) is 161 Å². The van der Waals surface area contributed by atoms with Crippen molar-refractivity contribution in [2.24, 2.45) is 11.8 Å². The molecule has 0 radical (unpaired) electrons. The number of carbonyl (C=O) groups is 3. The van der Waals surface area contributed by atoms with Crippen molar-refractivity contribution in [2.75, 3.05) is 47.1 Å². The summed E-state index contributed by atoms with van der Waals surface area (Å²) in [6.45, 7) is 7.55. The topological polar surface area (TPSA) is 91.4 Å². The van der Waals surface area contributed by atoms with Crippen molar-refractivity contribution in [1.82, 2.24) is 4.90 Å². The van der Waals surface area contributed by atoms with Crippen molar-refractivity contribution >= 4 is 18.1 Å². The molecular formula is C46H87NO7. The molecule has 0 N–H and O–H groups in total. The molecule has 0 saturated heterocycles. The Morgan fingerprint density at radius 1 is 0.481 bits per heavy atom. The minimum absolute atomic E-state index is 0.0289. The molecule has 0 rings (SSSR count). The highest BCUT2D eigenvalue weighted by atomic mass is 16.7. The van der Waals surface area contributed by atoms with E-state index in [1.165, 1.54) is 122 Å². The third kappa shape index (κ3) is 38.2. The third-order valence-electron chi connectivity index (χ3n) is 10.2. The Morgan fingerprint density at radius 2 is 0.907 bits per heavy atom. The lowest BCUT2D eigenvalue weighted by Gasteiger charge is -2.19. The van der Waals surface area contributed by atoms with Crippen LogP contribution >= 0.6 is 0 Å². The lowest BCUT2D eigenvalue weighted by atomic mass is 9.91. The van der Waals surface area contributed by atoms with Gasteiger partial charge in [0.15, 0.2) is 0 Å². The molecular weight excluding hydrogens is 679 g/mol. The molecule has 0 aromatic carbocycles. The van der Waals surface area contributed by atoms with Crippen molar-refractivity contribution in [2.45, 2.75) is 207 Å². The highest BCUT2D eigenvalue weighted by Crippen LogP contribution is 2.23. The van der Waals surface area contributed by atoms with Gasteiger partial charge in [0.1, 0.15) is 26.4 Å². The van der Waals surface area contributed by atoms with Crippen molar-refractivity contribution in [3.05, 3.63) is 12.2 Å². The predicted octanol–water partition coefficient (Wildman–Crippen LogP) is 12.9. The quantitative estimate of drug-likeness (QED) is 0.0263. The van der Waals surface area contributed by atoms with E-state index in [0.29, 0.717) is 25.3 Å². The molecule has 8 nitrogen and oxygen atoms in total. The number of nitrogens with zero attached hydrogens (tertiary/aromatic N) is 1. The molecule has 1 atom stereocenters. The molecule has 0 aromatic rings. The highest BCUT2D eigenvalue weighted by Gasteiger charge is 2.20. The monoisotopic (exact) mass is 766 g/mol. The van der Waals surface area contributed by atoms with Gasteiger partial charge >= 0.3 is 18.1 Å². The molecule has 0 bridgehead atoms. The van der Waals surface area contributed by atoms with Gasteiger partial charge in [-0.05, 0) is 65.0 Å². The van der Waals surface area contributed by atoms with Gasteiger partial charge in [0.25, 0.3) is 0 Å². The first-order valence-electron chi connectivity index (χ1n) is 22.7. The number of unbranched alkanes of at least 4 members (excludes halogenated alkanes) is 21. The maximum Gasteiger partial charge on any atom is 0.508 e. The van der Waals surface area contributed by atoms with Crippen molar-refractivity contribution in [3.8, 4) is 0 Å². The van der Waals surface area contributed by atoms with Gasteiger partial charge in [-0.2, -0.15) is 0 Å². The Balaban J connectivity index is 4.70. The predicted molar refractivity (Wildman–Crippen MR) is 225 cm³/mol. The number of esters is 2. The van der Waals surface area contributed by atoms with Crippen LogP contribution in [0.1, 0.15) is 207 Å². The van der Waals surface area contributed by atoms with Crippen LogP contribution < -0.4 is 0 Å². The van der Waals surface area contributed by atoms with Crippen LogP contribution in [-0.4, -0.2) is 70.1 Å². The van der Waals surface area contributed by atoms with E-state index in [2.05, 4.69) is 32.9 Å². The maximum atomic E-state index is 13.1. The summed E-state index contributed by atoms with van der Waals surface area (Å²) >= 11 is 0. The van der Waals surface area contributed by atoms with Gasteiger partial charge in [-0.3, -0.25) is 9.59 Å². The molecule has 54 heavy (non-hydrogen) atoms. The number of hydrogen-bond donors (Lipinski definition) is 0. The second kappa shape index (κ2) is 40.6. The molecule has 318 valence electrons. The molecule has 0 aliphatic rings. The Hall–Kier alpha value is -2.09. The second-order valence-corrected chi connectivity index (χ2v) is 16.0. The van der Waals surface area contributed by atoms with E-state index < -0.39 is 12.1 Å². The van der Waals surface area contributed by atoms with Crippen LogP contribution in [0.3, 0.4) is 0 Å². The number of ether oxygens (including phenoxy) is 4. The first-order chi connectivity index (χ1) is 26.3. The number of hydrogen-bond acceptors (Lipinski definition) is 8. The molecule has 0 spiro atoms. The minimum Gasteiger partial charge on any atom is -0.465 e. The van der Waals surface area contributed by atoms with E-state index in [0.717, 1.165) is 51.4 Å². The molecule has 1 unspecified atom stereocenters. The summed E-state index contributed by atoms with van der Waals surface area (Å²) < 4.78 is 21.8. The molecule has 0 aliphatic heterocycles. The van der Waals surface area contributed by atoms with Crippen molar-refractivity contribution in [1.29, 1.82) is 0 Å². The highest BCUT2D eigenvalue weighted by molar-refractivity contribution is 5.70. The summed E-state index contributed by atoms with van der Waals surface area (Å²) in [7, 11) is 3.80. The van der Waals surface area contributed by atoms with Crippen molar-refractivity contribution in [3.63, 3.8) is 0 Å². The second-order valence-electron chi connectivity index (χ2n) is 16.0. The Labute approximate surface area is 333 Å². The molecule has 8 heteroatoms. The van der Waals surface area contributed by atoms with Crippen LogP contribution in [0, 0.1) is 11.8 Å². The minimum atomic E-state index is -0.772. The maximum absolute atomic E-state index is 13.1. The van der Waals surface area contributed by atoms with E-state index in [-0.39, 0.29) is 38.4 Å². The summed E-state index contributed by atoms with van der Waals surface area (Å²) in [5.41, 5.74) is 0. The number of allylic oxidation sites excluding steroid dienone is 2. The summed E-state index contributed by atoms with van der Waals surface area (Å²) in [5.74, 6) is -0.630. The van der Waals surface area contributed by atoms with Gasteiger partial charge in [0.2, 0.25) is 0 Å². The van der Waals surface area contributed by atoms with E-state index in [4.69, 9.17) is 18.9 Å². The van der Waals surface area contributed by atoms with Gasteiger partial charge < -0.3 is 23.8 Å². The summed E-state index contributed by atoms with van der Waals surface area (Å²) in [6, 6.07) is 0. The first kappa shape index (κ1) is 51.9. The molecule has 0 fully saturated rings. The van der Waals surface area contributed by atoms with Gasteiger partial charge in [0, 0.05) is 19.4 Å². The summed E-state index contributed by atoms with van der Waals surface area (Å²) in [4.78, 5) is 39.8. The number of rotatable bonds is 40. The van der Waals surface area contributed by atoms with Gasteiger partial charge in [-0.15, -0.1) is 0 Å². The van der Waals surface area contributed by atoms with Gasteiger partial charge in [-0.25, -0.2) is 4.79 Å². The molecule has 0 amide bonds. The smallest absolute Gasteiger partial charge is 0.465 e. The summed E-state index contributed by atoms with van der Waals surface area (Å²) in [6.07, 6.45) is 37.3. The molecule has 0 aromatic heterocycles. The van der Waals surface area contributed by atoms with Crippen LogP contribution in [0.5, 0.6) is 0 Å². The van der Waals surface area contributed by atoms with E-state index in [1.807, 2.05) is 19.0 Å². The van der Waals surface area contributed by atoms with Gasteiger partial charge in [0.05, 0.1) is 5.92 Å². The fourth-order valence-corrected chi connectivity index (χ4v) is 6.59. The van der Waals surface area contributed by atoms with E-state index in [1.54, 1.807) is 0 Å². The Morgan fingerprint density at radius 3 is 1.41 bits per heavy atom. The molecule has 0 saturated carbocycles. The Bertz CT molecular complexity index is 861. The van der Waals surface area contributed by atoms with Crippen LogP contribution in [-0.2, 0) is 28.5 Å². The zero-order chi connectivity index (χ0) is 39.7. The normalized spacial score (nSPS) is 12.1. The fourth-order valence-electron chi connectivity index (χ4n) is 6.59. The first-order valence-corrected chi connectivity index (χ1v) is 22.7. The number of carbonyl (C=O) groups excluding carboxylic acids is 3. The lowest BCUT2D eigenvalue weighted by molar-refractivity contribution is -0.150. The van der Waals surface area contributed by atoms with Crippen molar-refractivity contribution < 1.29 is 33.3 Å². The van der Waals surface area contributed by atoms with Crippen LogP contribution in [0.25, 0.3) is 0 Å². The van der Waals surface area contributed by atoms with Crippen LogP contribution in [0.15, 0.2) is 12.2 Å². The molecule has 0 aliphatic carbocycles. The fraction of sp³-hybridized carbons (Fsp3) is 0.891.